The summed E-state index contributed by atoms with van der Waals surface area (Å²) in [6, 6.07) is 4.31. The molecule has 0 aliphatic rings. The highest BCUT2D eigenvalue weighted by atomic mass is 35.5. The number of hydrogen-bond acceptors (Lipinski definition) is 2. The maximum atomic E-state index is 5.78. The molecule has 0 saturated carbocycles. The third-order valence-corrected chi connectivity index (χ3v) is 2.72. The molecule has 78 valence electrons. The van der Waals surface area contributed by atoms with E-state index in [1.54, 1.807) is 6.20 Å². The molecular formula is C11H17ClN2. The molecule has 0 aromatic carbocycles. The Hall–Kier alpha value is -0.600. The first-order valence-electron chi connectivity index (χ1n) is 5.00. The topological polar surface area (TPSA) is 24.9 Å². The third-order valence-electron chi connectivity index (χ3n) is 2.49. The van der Waals surface area contributed by atoms with Crippen molar-refractivity contribution in [1.29, 1.82) is 0 Å². The fraction of sp³-hybridized carbons (Fsp3) is 0.545. The van der Waals surface area contributed by atoms with Gasteiger partial charge in [0.1, 0.15) is 0 Å². The molecule has 3 heteroatoms. The quantitative estimate of drug-likeness (QED) is 0.831. The van der Waals surface area contributed by atoms with Crippen molar-refractivity contribution in [2.45, 2.75) is 32.7 Å². The summed E-state index contributed by atoms with van der Waals surface area (Å²) in [6.45, 7) is 7.44. The van der Waals surface area contributed by atoms with Crippen LogP contribution in [0.4, 0.5) is 0 Å². The van der Waals surface area contributed by atoms with Crippen molar-refractivity contribution < 1.29 is 0 Å². The average Bonchev–Trinajstić information content (AvgIpc) is 2.18. The van der Waals surface area contributed by atoms with Gasteiger partial charge in [-0.1, -0.05) is 25.4 Å². The average molecular weight is 213 g/mol. The Morgan fingerprint density at radius 2 is 2.14 bits per heavy atom. The fourth-order valence-electron chi connectivity index (χ4n) is 1.41. The van der Waals surface area contributed by atoms with Crippen LogP contribution < -0.4 is 5.32 Å². The van der Waals surface area contributed by atoms with E-state index in [4.69, 9.17) is 11.6 Å². The van der Waals surface area contributed by atoms with Crippen LogP contribution in [0.1, 0.15) is 32.4 Å². The fourth-order valence-corrected chi connectivity index (χ4v) is 1.52. The standard InChI is InChI=1S/C11H17ClN2/c1-4-13-9(3)8(2)11-6-5-10(12)7-14-11/h5-9,13H,4H2,1-3H3. The zero-order valence-corrected chi connectivity index (χ0v) is 9.67. The molecule has 1 heterocycles. The Labute approximate surface area is 90.7 Å². The Morgan fingerprint density at radius 3 is 2.64 bits per heavy atom. The van der Waals surface area contributed by atoms with E-state index >= 15 is 0 Å². The summed E-state index contributed by atoms with van der Waals surface area (Å²) in [5.41, 5.74) is 1.09. The first-order chi connectivity index (χ1) is 6.65. The van der Waals surface area contributed by atoms with Gasteiger partial charge in [-0.05, 0) is 25.6 Å². The van der Waals surface area contributed by atoms with E-state index in [1.165, 1.54) is 0 Å². The highest BCUT2D eigenvalue weighted by Crippen LogP contribution is 2.18. The van der Waals surface area contributed by atoms with Crippen LogP contribution in [-0.2, 0) is 0 Å². The number of hydrogen-bond donors (Lipinski definition) is 1. The number of rotatable bonds is 4. The highest BCUT2D eigenvalue weighted by molar-refractivity contribution is 6.30. The maximum absolute atomic E-state index is 5.78. The molecular weight excluding hydrogens is 196 g/mol. The summed E-state index contributed by atoms with van der Waals surface area (Å²) in [5.74, 6) is 0.409. The molecule has 0 fully saturated rings. The molecule has 0 spiro atoms. The van der Waals surface area contributed by atoms with Crippen molar-refractivity contribution in [3.63, 3.8) is 0 Å². The molecule has 0 saturated heterocycles. The number of pyridine rings is 1. The summed E-state index contributed by atoms with van der Waals surface area (Å²) in [6.07, 6.45) is 1.70. The van der Waals surface area contributed by atoms with Crippen molar-refractivity contribution in [3.8, 4) is 0 Å². The van der Waals surface area contributed by atoms with Crippen LogP contribution in [0.5, 0.6) is 0 Å². The minimum absolute atomic E-state index is 0.409. The van der Waals surface area contributed by atoms with Crippen molar-refractivity contribution in [1.82, 2.24) is 10.3 Å². The predicted octanol–water partition coefficient (Wildman–Crippen LogP) is 2.84. The van der Waals surface area contributed by atoms with Crippen LogP contribution in [0, 0.1) is 0 Å². The Morgan fingerprint density at radius 1 is 1.43 bits per heavy atom. The lowest BCUT2D eigenvalue weighted by atomic mass is 9.99. The summed E-state index contributed by atoms with van der Waals surface area (Å²) in [4.78, 5) is 4.31. The Balaban J connectivity index is 2.68. The molecule has 1 aromatic rings. The van der Waals surface area contributed by atoms with Gasteiger partial charge >= 0.3 is 0 Å². The van der Waals surface area contributed by atoms with Gasteiger partial charge in [0.2, 0.25) is 0 Å². The number of nitrogens with one attached hydrogen (secondary N) is 1. The second-order valence-electron chi connectivity index (χ2n) is 3.54. The first-order valence-corrected chi connectivity index (χ1v) is 5.37. The van der Waals surface area contributed by atoms with E-state index < -0.39 is 0 Å². The van der Waals surface area contributed by atoms with E-state index in [9.17, 15) is 0 Å². The van der Waals surface area contributed by atoms with Crippen LogP contribution >= 0.6 is 11.6 Å². The van der Waals surface area contributed by atoms with Crippen molar-refractivity contribution in [2.24, 2.45) is 0 Å². The van der Waals surface area contributed by atoms with Gasteiger partial charge in [-0.3, -0.25) is 4.98 Å². The lowest BCUT2D eigenvalue weighted by Crippen LogP contribution is -2.30. The van der Waals surface area contributed by atoms with Crippen molar-refractivity contribution in [3.05, 3.63) is 29.0 Å². The van der Waals surface area contributed by atoms with Crippen LogP contribution in [0.15, 0.2) is 18.3 Å². The molecule has 0 aliphatic carbocycles. The smallest absolute Gasteiger partial charge is 0.0589 e. The van der Waals surface area contributed by atoms with Crippen LogP contribution in [0.2, 0.25) is 5.02 Å². The zero-order valence-electron chi connectivity index (χ0n) is 8.92. The van der Waals surface area contributed by atoms with Gasteiger partial charge < -0.3 is 5.32 Å². The molecule has 1 rings (SSSR count). The van der Waals surface area contributed by atoms with Crippen LogP contribution in [-0.4, -0.2) is 17.6 Å². The molecule has 0 radical (unpaired) electrons. The Bertz CT molecular complexity index is 271. The summed E-state index contributed by atoms with van der Waals surface area (Å²) < 4.78 is 0. The molecule has 0 bridgehead atoms. The molecule has 2 atom stereocenters. The monoisotopic (exact) mass is 212 g/mol. The molecule has 0 amide bonds. The minimum atomic E-state index is 0.409. The van der Waals surface area contributed by atoms with Crippen LogP contribution in [0.25, 0.3) is 0 Å². The minimum Gasteiger partial charge on any atom is -0.314 e. The molecule has 2 unspecified atom stereocenters. The molecule has 1 N–H and O–H groups in total. The van der Waals surface area contributed by atoms with Gasteiger partial charge in [0.25, 0.3) is 0 Å². The number of aromatic nitrogens is 1. The van der Waals surface area contributed by atoms with Gasteiger partial charge in [-0.25, -0.2) is 0 Å². The van der Waals surface area contributed by atoms with Crippen molar-refractivity contribution in [2.75, 3.05) is 6.54 Å². The zero-order chi connectivity index (χ0) is 10.6. The molecule has 1 aromatic heterocycles. The second-order valence-corrected chi connectivity index (χ2v) is 3.97. The number of likely N-dealkylation sites (N-methyl/N-ethyl adjacent to an activating group) is 1. The number of halogens is 1. The van der Waals surface area contributed by atoms with Crippen molar-refractivity contribution >= 4 is 11.6 Å². The predicted molar refractivity (Wildman–Crippen MR) is 60.8 cm³/mol. The van der Waals surface area contributed by atoms with Gasteiger partial charge in [0.05, 0.1) is 5.02 Å². The first kappa shape index (κ1) is 11.5. The van der Waals surface area contributed by atoms with Gasteiger partial charge in [0.15, 0.2) is 0 Å². The molecule has 2 nitrogen and oxygen atoms in total. The summed E-state index contributed by atoms with van der Waals surface area (Å²) >= 11 is 5.78. The van der Waals surface area contributed by atoms with Gasteiger partial charge in [0, 0.05) is 23.9 Å². The highest BCUT2D eigenvalue weighted by Gasteiger charge is 2.13. The van der Waals surface area contributed by atoms with E-state index in [0.717, 1.165) is 12.2 Å². The van der Waals surface area contributed by atoms with Crippen LogP contribution in [0.3, 0.4) is 0 Å². The molecule has 0 aliphatic heterocycles. The summed E-state index contributed by atoms with van der Waals surface area (Å²) in [5, 5.41) is 4.08. The number of nitrogens with zero attached hydrogens (tertiary/aromatic N) is 1. The van der Waals surface area contributed by atoms with Gasteiger partial charge in [-0.15, -0.1) is 0 Å². The lowest BCUT2D eigenvalue weighted by molar-refractivity contribution is 0.487. The summed E-state index contributed by atoms with van der Waals surface area (Å²) in [7, 11) is 0. The largest absolute Gasteiger partial charge is 0.314 e. The van der Waals surface area contributed by atoms with E-state index in [1.807, 2.05) is 12.1 Å². The lowest BCUT2D eigenvalue weighted by Gasteiger charge is -2.19. The van der Waals surface area contributed by atoms with E-state index in [0.29, 0.717) is 17.0 Å². The maximum Gasteiger partial charge on any atom is 0.0589 e. The normalized spacial score (nSPS) is 15.1. The second kappa shape index (κ2) is 5.32. The SMILES string of the molecule is CCNC(C)C(C)c1ccc(Cl)cn1. The molecule has 14 heavy (non-hydrogen) atoms. The van der Waals surface area contributed by atoms with Gasteiger partial charge in [-0.2, -0.15) is 0 Å². The van der Waals surface area contributed by atoms with E-state index in [-0.39, 0.29) is 0 Å². The Kier molecular flexibility index (Phi) is 4.36. The third kappa shape index (κ3) is 2.96. The van der Waals surface area contributed by atoms with E-state index in [2.05, 4.69) is 31.1 Å².